The van der Waals surface area contributed by atoms with Crippen molar-refractivity contribution in [2.45, 2.75) is 25.4 Å². The maximum Gasteiger partial charge on any atom is 0.228 e. The Morgan fingerprint density at radius 1 is 1.29 bits per heavy atom. The van der Waals surface area contributed by atoms with E-state index in [9.17, 15) is 4.79 Å². The number of rotatable bonds is 3. The minimum atomic E-state index is -0.0368. The molecule has 2 aromatic heterocycles. The van der Waals surface area contributed by atoms with Gasteiger partial charge in [0.25, 0.3) is 0 Å². The van der Waals surface area contributed by atoms with Gasteiger partial charge in [-0.2, -0.15) is 0 Å². The van der Waals surface area contributed by atoms with Crippen LogP contribution in [-0.4, -0.2) is 26.5 Å². The minimum absolute atomic E-state index is 0.0368. The van der Waals surface area contributed by atoms with Gasteiger partial charge in [-0.1, -0.05) is 24.3 Å². The van der Waals surface area contributed by atoms with Crippen LogP contribution in [0.15, 0.2) is 42.6 Å². The molecule has 1 atom stereocenters. The number of imidazole rings is 1. The topological polar surface area (TPSA) is 71.8 Å². The molecular weight excluding hydrogens is 302 g/mol. The van der Waals surface area contributed by atoms with Crippen LogP contribution < -0.4 is 10.6 Å². The molecule has 0 fully saturated rings. The van der Waals surface area contributed by atoms with Gasteiger partial charge in [0.1, 0.15) is 5.52 Å². The molecule has 4 rings (SSSR count). The summed E-state index contributed by atoms with van der Waals surface area (Å²) in [6.07, 6.45) is 3.01. The van der Waals surface area contributed by atoms with Crippen molar-refractivity contribution in [2.75, 3.05) is 5.32 Å². The van der Waals surface area contributed by atoms with E-state index in [1.54, 1.807) is 10.8 Å². The van der Waals surface area contributed by atoms with Gasteiger partial charge in [0.15, 0.2) is 5.65 Å². The number of hydrogen-bond acceptors (Lipinski definition) is 4. The average molecular weight is 321 g/mol. The predicted molar refractivity (Wildman–Crippen MR) is 92.5 cm³/mol. The van der Waals surface area contributed by atoms with Gasteiger partial charge in [0, 0.05) is 32.3 Å². The number of hydrogen-bond donors (Lipinski definition) is 2. The number of aromatic nitrogens is 3. The lowest BCUT2D eigenvalue weighted by Crippen LogP contribution is -2.38. The summed E-state index contributed by atoms with van der Waals surface area (Å²) in [6.45, 7) is 0.810. The van der Waals surface area contributed by atoms with E-state index in [4.69, 9.17) is 0 Å². The second-order valence-electron chi connectivity index (χ2n) is 6.14. The van der Waals surface area contributed by atoms with E-state index in [2.05, 4.69) is 32.7 Å². The number of benzene rings is 1. The minimum Gasteiger partial charge on any atom is -0.309 e. The highest BCUT2D eigenvalue weighted by molar-refractivity contribution is 5.91. The summed E-state index contributed by atoms with van der Waals surface area (Å²) in [5.74, 6) is 0.496. The second kappa shape index (κ2) is 6.05. The Morgan fingerprint density at radius 3 is 2.96 bits per heavy atom. The first-order valence-electron chi connectivity index (χ1n) is 8.08. The van der Waals surface area contributed by atoms with Crippen LogP contribution in [0.3, 0.4) is 0 Å². The highest BCUT2D eigenvalue weighted by Gasteiger charge is 2.21. The Kier molecular flexibility index (Phi) is 3.74. The number of aryl methyl sites for hydroxylation is 1. The average Bonchev–Trinajstić information content (AvgIpc) is 2.91. The molecule has 1 aromatic carbocycles. The van der Waals surface area contributed by atoms with Crippen molar-refractivity contribution in [1.29, 1.82) is 0 Å². The van der Waals surface area contributed by atoms with Crippen molar-refractivity contribution in [3.8, 4) is 0 Å². The van der Waals surface area contributed by atoms with E-state index in [0.717, 1.165) is 24.1 Å². The molecule has 0 saturated heterocycles. The van der Waals surface area contributed by atoms with E-state index < -0.39 is 0 Å². The van der Waals surface area contributed by atoms with E-state index in [0.29, 0.717) is 12.4 Å². The molecule has 0 saturated carbocycles. The zero-order chi connectivity index (χ0) is 16.5. The predicted octanol–water partition coefficient (Wildman–Crippen LogP) is 2.01. The van der Waals surface area contributed by atoms with Crippen LogP contribution >= 0.6 is 0 Å². The van der Waals surface area contributed by atoms with Gasteiger partial charge in [-0.15, -0.1) is 0 Å². The van der Waals surface area contributed by atoms with E-state index in [1.165, 1.54) is 11.1 Å². The lowest BCUT2D eigenvalue weighted by Gasteiger charge is -2.25. The van der Waals surface area contributed by atoms with Gasteiger partial charge >= 0.3 is 0 Å². The number of nitrogens with zero attached hydrogens (tertiary/aromatic N) is 3. The highest BCUT2D eigenvalue weighted by Crippen LogP contribution is 2.19. The van der Waals surface area contributed by atoms with Crippen molar-refractivity contribution in [3.05, 3.63) is 53.7 Å². The Bertz CT molecular complexity index is 901. The molecule has 0 aliphatic carbocycles. The van der Waals surface area contributed by atoms with Crippen LogP contribution in [0.2, 0.25) is 0 Å². The summed E-state index contributed by atoms with van der Waals surface area (Å²) in [5, 5.41) is 6.34. The van der Waals surface area contributed by atoms with E-state index in [-0.39, 0.29) is 11.9 Å². The Morgan fingerprint density at radius 2 is 2.12 bits per heavy atom. The highest BCUT2D eigenvalue weighted by atomic mass is 16.1. The Labute approximate surface area is 139 Å². The standard InChI is InChI=1S/C18H19N5O/c1-23-17-15(7-4-8-19-17)21-18(23)22-16(24)10-14-9-12-5-2-3-6-13(12)11-20-14/h2-8,14,20H,9-11H2,1H3,(H,21,22,24)/t14-/m0/s1. The first kappa shape index (κ1) is 14.8. The van der Waals surface area contributed by atoms with Crippen LogP contribution in [0, 0.1) is 0 Å². The van der Waals surface area contributed by atoms with E-state index in [1.807, 2.05) is 31.3 Å². The number of anilines is 1. The lowest BCUT2D eigenvalue weighted by molar-refractivity contribution is -0.116. The number of carbonyl (C=O) groups is 1. The number of fused-ring (bicyclic) bond motifs is 2. The molecule has 6 heteroatoms. The fourth-order valence-corrected chi connectivity index (χ4v) is 3.20. The molecule has 1 aliphatic heterocycles. The molecular formula is C18H19N5O. The third-order valence-electron chi connectivity index (χ3n) is 4.48. The summed E-state index contributed by atoms with van der Waals surface area (Å²) in [5.41, 5.74) is 4.18. The molecule has 0 unspecified atom stereocenters. The number of nitrogens with one attached hydrogen (secondary N) is 2. The largest absolute Gasteiger partial charge is 0.309 e. The molecule has 0 spiro atoms. The molecule has 24 heavy (non-hydrogen) atoms. The molecule has 122 valence electrons. The van der Waals surface area contributed by atoms with Gasteiger partial charge in [0.05, 0.1) is 0 Å². The smallest absolute Gasteiger partial charge is 0.228 e. The maximum atomic E-state index is 12.4. The van der Waals surface area contributed by atoms with Gasteiger partial charge < -0.3 is 5.32 Å². The zero-order valence-electron chi connectivity index (χ0n) is 13.5. The Balaban J connectivity index is 1.44. The summed E-state index contributed by atoms with van der Waals surface area (Å²) in [4.78, 5) is 21.1. The fraction of sp³-hybridized carbons (Fsp3) is 0.278. The summed E-state index contributed by atoms with van der Waals surface area (Å²) in [7, 11) is 1.85. The first-order chi connectivity index (χ1) is 11.7. The molecule has 3 aromatic rings. The van der Waals surface area contributed by atoms with Crippen LogP contribution in [0.1, 0.15) is 17.5 Å². The van der Waals surface area contributed by atoms with Crippen molar-refractivity contribution >= 4 is 23.0 Å². The molecule has 6 nitrogen and oxygen atoms in total. The van der Waals surface area contributed by atoms with Crippen molar-refractivity contribution in [3.63, 3.8) is 0 Å². The summed E-state index contributed by atoms with van der Waals surface area (Å²) < 4.78 is 1.80. The fourth-order valence-electron chi connectivity index (χ4n) is 3.20. The van der Waals surface area contributed by atoms with Crippen LogP contribution in [-0.2, 0) is 24.8 Å². The van der Waals surface area contributed by atoms with Gasteiger partial charge in [-0.3, -0.25) is 14.7 Å². The summed E-state index contributed by atoms with van der Waals surface area (Å²) >= 11 is 0. The van der Waals surface area contributed by atoms with Gasteiger partial charge in [-0.25, -0.2) is 9.97 Å². The monoisotopic (exact) mass is 321 g/mol. The quantitative estimate of drug-likeness (QED) is 0.774. The molecule has 0 bridgehead atoms. The van der Waals surface area contributed by atoms with Gasteiger partial charge in [0.2, 0.25) is 11.9 Å². The second-order valence-corrected chi connectivity index (χ2v) is 6.14. The molecule has 2 N–H and O–H groups in total. The number of pyridine rings is 1. The maximum absolute atomic E-state index is 12.4. The SMILES string of the molecule is Cn1c(NC(=O)C[C@@H]2Cc3ccccc3CN2)nc2cccnc21. The molecule has 0 radical (unpaired) electrons. The third-order valence-corrected chi connectivity index (χ3v) is 4.48. The van der Waals surface area contributed by atoms with Crippen molar-refractivity contribution < 1.29 is 4.79 Å². The zero-order valence-corrected chi connectivity index (χ0v) is 13.5. The lowest BCUT2D eigenvalue weighted by atomic mass is 9.94. The summed E-state index contributed by atoms with van der Waals surface area (Å²) in [6, 6.07) is 12.2. The van der Waals surface area contributed by atoms with Crippen molar-refractivity contribution in [1.82, 2.24) is 19.9 Å². The van der Waals surface area contributed by atoms with Crippen LogP contribution in [0.5, 0.6) is 0 Å². The third kappa shape index (κ3) is 2.76. The molecule has 3 heterocycles. The molecule has 1 amide bonds. The van der Waals surface area contributed by atoms with Crippen molar-refractivity contribution in [2.24, 2.45) is 7.05 Å². The number of amides is 1. The Hall–Kier alpha value is -2.73. The molecule has 1 aliphatic rings. The van der Waals surface area contributed by atoms with Crippen LogP contribution in [0.4, 0.5) is 5.95 Å². The first-order valence-corrected chi connectivity index (χ1v) is 8.08. The number of carbonyl (C=O) groups excluding carboxylic acids is 1. The van der Waals surface area contributed by atoms with Gasteiger partial charge in [-0.05, 0) is 29.7 Å². The van der Waals surface area contributed by atoms with Crippen LogP contribution in [0.25, 0.3) is 11.2 Å². The normalized spacial score (nSPS) is 16.8. The van der Waals surface area contributed by atoms with E-state index >= 15 is 0 Å².